The predicted octanol–water partition coefficient (Wildman–Crippen LogP) is 4.97. The molecule has 27 heavy (non-hydrogen) atoms. The summed E-state index contributed by atoms with van der Waals surface area (Å²) < 4.78 is 5.82. The van der Waals surface area contributed by atoms with Crippen LogP contribution in [0.15, 0.2) is 84.9 Å². The summed E-state index contributed by atoms with van der Waals surface area (Å²) in [7, 11) is 1.78. The highest BCUT2D eigenvalue weighted by atomic mass is 16.5. The molecule has 0 aliphatic heterocycles. The molecule has 3 rings (SSSR count). The predicted molar refractivity (Wildman–Crippen MR) is 109 cm³/mol. The summed E-state index contributed by atoms with van der Waals surface area (Å²) in [4.78, 5) is 14.1. The molecular formula is C23H24N2O2. The summed E-state index contributed by atoms with van der Waals surface area (Å²) in [6.07, 6.45) is 0.844. The van der Waals surface area contributed by atoms with E-state index in [2.05, 4.69) is 17.4 Å². The van der Waals surface area contributed by atoms with Crippen LogP contribution in [0.5, 0.6) is 5.75 Å². The van der Waals surface area contributed by atoms with Crippen LogP contribution in [0.1, 0.15) is 11.1 Å². The zero-order chi connectivity index (χ0) is 18.9. The molecule has 3 aromatic rings. The lowest BCUT2D eigenvalue weighted by Crippen LogP contribution is -2.30. The molecule has 0 aliphatic carbocycles. The Morgan fingerprint density at radius 2 is 1.56 bits per heavy atom. The van der Waals surface area contributed by atoms with Gasteiger partial charge >= 0.3 is 6.03 Å². The number of carbonyl (C=O) groups excluding carboxylic acids is 1. The Kier molecular flexibility index (Phi) is 6.47. The number of amides is 2. The van der Waals surface area contributed by atoms with Gasteiger partial charge in [-0.3, -0.25) is 0 Å². The number of hydrogen-bond donors (Lipinski definition) is 1. The van der Waals surface area contributed by atoms with Crippen molar-refractivity contribution < 1.29 is 9.53 Å². The molecule has 0 spiro atoms. The number of hydrogen-bond acceptors (Lipinski definition) is 2. The smallest absolute Gasteiger partial charge is 0.321 e. The van der Waals surface area contributed by atoms with E-state index in [0.717, 1.165) is 23.4 Å². The molecule has 0 heterocycles. The fourth-order valence-electron chi connectivity index (χ4n) is 2.74. The van der Waals surface area contributed by atoms with E-state index in [0.29, 0.717) is 13.2 Å². The number of ether oxygens (including phenoxy) is 1. The average Bonchev–Trinajstić information content (AvgIpc) is 2.70. The molecule has 0 saturated heterocycles. The zero-order valence-corrected chi connectivity index (χ0v) is 15.5. The molecule has 0 radical (unpaired) electrons. The van der Waals surface area contributed by atoms with E-state index >= 15 is 0 Å². The first-order chi connectivity index (χ1) is 13.2. The van der Waals surface area contributed by atoms with Crippen molar-refractivity contribution in [3.8, 4) is 5.75 Å². The summed E-state index contributed by atoms with van der Waals surface area (Å²) in [5, 5.41) is 2.92. The summed E-state index contributed by atoms with van der Waals surface area (Å²) in [6.45, 7) is 1.15. The van der Waals surface area contributed by atoms with Gasteiger partial charge in [0.25, 0.3) is 0 Å². The Labute approximate surface area is 160 Å². The fourth-order valence-corrected chi connectivity index (χ4v) is 2.74. The Morgan fingerprint density at radius 3 is 2.26 bits per heavy atom. The Morgan fingerprint density at radius 1 is 0.889 bits per heavy atom. The van der Waals surface area contributed by atoms with Crippen LogP contribution >= 0.6 is 0 Å². The maximum absolute atomic E-state index is 12.4. The van der Waals surface area contributed by atoms with Crippen molar-refractivity contribution in [3.05, 3.63) is 96.1 Å². The molecule has 3 aromatic carbocycles. The van der Waals surface area contributed by atoms with Crippen molar-refractivity contribution in [3.63, 3.8) is 0 Å². The van der Waals surface area contributed by atoms with Crippen LogP contribution in [0, 0.1) is 0 Å². The summed E-state index contributed by atoms with van der Waals surface area (Å²) in [5.41, 5.74) is 3.05. The Balaban J connectivity index is 1.51. The Bertz CT molecular complexity index is 851. The largest absolute Gasteiger partial charge is 0.493 e. The SMILES string of the molecule is CN(Cc1ccccc1)C(=O)Nc1cccc(OCCc2ccccc2)c1. The lowest BCUT2D eigenvalue weighted by atomic mass is 10.2. The molecule has 0 aliphatic rings. The monoisotopic (exact) mass is 360 g/mol. The zero-order valence-electron chi connectivity index (χ0n) is 15.5. The van der Waals surface area contributed by atoms with Gasteiger partial charge in [0.15, 0.2) is 0 Å². The van der Waals surface area contributed by atoms with E-state index < -0.39 is 0 Å². The highest BCUT2D eigenvalue weighted by molar-refractivity contribution is 5.89. The minimum Gasteiger partial charge on any atom is -0.493 e. The maximum Gasteiger partial charge on any atom is 0.321 e. The van der Waals surface area contributed by atoms with Gasteiger partial charge < -0.3 is 15.0 Å². The molecule has 0 atom stereocenters. The van der Waals surface area contributed by atoms with E-state index in [1.807, 2.05) is 72.8 Å². The quantitative estimate of drug-likeness (QED) is 0.646. The second-order valence-electron chi connectivity index (χ2n) is 6.38. The number of rotatable bonds is 7. The molecule has 138 valence electrons. The lowest BCUT2D eigenvalue weighted by molar-refractivity contribution is 0.220. The van der Waals surface area contributed by atoms with Crippen LogP contribution in [0.25, 0.3) is 0 Å². The average molecular weight is 360 g/mol. The standard InChI is InChI=1S/C23H24N2O2/c1-25(18-20-11-6-3-7-12-20)23(26)24-21-13-8-14-22(17-21)27-16-15-19-9-4-2-5-10-19/h2-14,17H,15-16,18H2,1H3,(H,24,26). The molecule has 0 aromatic heterocycles. The van der Waals surface area contributed by atoms with Crippen LogP contribution in [0.2, 0.25) is 0 Å². The summed E-state index contributed by atoms with van der Waals surface area (Å²) in [6, 6.07) is 27.5. The number of benzene rings is 3. The number of nitrogens with one attached hydrogen (secondary N) is 1. The molecule has 0 unspecified atom stereocenters. The number of nitrogens with zero attached hydrogens (tertiary/aromatic N) is 1. The van der Waals surface area contributed by atoms with Gasteiger partial charge in [-0.05, 0) is 23.3 Å². The first-order valence-electron chi connectivity index (χ1n) is 9.03. The van der Waals surface area contributed by atoms with Gasteiger partial charge in [-0.1, -0.05) is 66.7 Å². The van der Waals surface area contributed by atoms with Crippen LogP contribution in [0.4, 0.5) is 10.5 Å². The van der Waals surface area contributed by atoms with Crippen molar-refractivity contribution in [1.82, 2.24) is 4.90 Å². The first kappa shape index (κ1) is 18.5. The molecule has 1 N–H and O–H groups in total. The maximum atomic E-state index is 12.4. The molecular weight excluding hydrogens is 336 g/mol. The Hall–Kier alpha value is -3.27. The second kappa shape index (κ2) is 9.43. The summed E-state index contributed by atoms with van der Waals surface area (Å²) in [5.74, 6) is 0.745. The molecule has 0 saturated carbocycles. The van der Waals surface area contributed by atoms with E-state index in [4.69, 9.17) is 4.74 Å². The van der Waals surface area contributed by atoms with Gasteiger partial charge in [-0.25, -0.2) is 4.79 Å². The van der Waals surface area contributed by atoms with E-state index in [9.17, 15) is 4.79 Å². The molecule has 2 amide bonds. The van der Waals surface area contributed by atoms with Crippen LogP contribution < -0.4 is 10.1 Å². The van der Waals surface area contributed by atoms with E-state index in [1.54, 1.807) is 11.9 Å². The van der Waals surface area contributed by atoms with E-state index in [1.165, 1.54) is 5.56 Å². The number of carbonyl (C=O) groups is 1. The number of anilines is 1. The number of urea groups is 1. The molecule has 0 bridgehead atoms. The fraction of sp³-hybridized carbons (Fsp3) is 0.174. The highest BCUT2D eigenvalue weighted by Gasteiger charge is 2.09. The van der Waals surface area contributed by atoms with Gasteiger partial charge in [0, 0.05) is 31.8 Å². The van der Waals surface area contributed by atoms with Gasteiger partial charge in [0.2, 0.25) is 0 Å². The molecule has 4 nitrogen and oxygen atoms in total. The minimum atomic E-state index is -0.153. The van der Waals surface area contributed by atoms with Gasteiger partial charge in [-0.2, -0.15) is 0 Å². The highest BCUT2D eigenvalue weighted by Crippen LogP contribution is 2.18. The van der Waals surface area contributed by atoms with Crippen LogP contribution in [-0.4, -0.2) is 24.6 Å². The third kappa shape index (κ3) is 5.89. The molecule has 0 fully saturated rings. The van der Waals surface area contributed by atoms with Gasteiger partial charge in [0.1, 0.15) is 5.75 Å². The van der Waals surface area contributed by atoms with Crippen molar-refractivity contribution in [1.29, 1.82) is 0 Å². The third-order valence-corrected chi connectivity index (χ3v) is 4.20. The normalized spacial score (nSPS) is 10.3. The van der Waals surface area contributed by atoms with Crippen LogP contribution in [-0.2, 0) is 13.0 Å². The van der Waals surface area contributed by atoms with Crippen molar-refractivity contribution >= 4 is 11.7 Å². The summed E-state index contributed by atoms with van der Waals surface area (Å²) >= 11 is 0. The van der Waals surface area contributed by atoms with Crippen molar-refractivity contribution in [2.24, 2.45) is 0 Å². The van der Waals surface area contributed by atoms with Gasteiger partial charge in [0.05, 0.1) is 6.61 Å². The minimum absolute atomic E-state index is 0.153. The van der Waals surface area contributed by atoms with Crippen molar-refractivity contribution in [2.45, 2.75) is 13.0 Å². The van der Waals surface area contributed by atoms with Crippen molar-refractivity contribution in [2.75, 3.05) is 19.0 Å². The third-order valence-electron chi connectivity index (χ3n) is 4.20. The topological polar surface area (TPSA) is 41.6 Å². The second-order valence-corrected chi connectivity index (χ2v) is 6.38. The van der Waals surface area contributed by atoms with E-state index in [-0.39, 0.29) is 6.03 Å². The van der Waals surface area contributed by atoms with Gasteiger partial charge in [-0.15, -0.1) is 0 Å². The first-order valence-corrected chi connectivity index (χ1v) is 9.03. The molecule has 4 heteroatoms. The lowest BCUT2D eigenvalue weighted by Gasteiger charge is -2.18. The van der Waals surface area contributed by atoms with Crippen LogP contribution in [0.3, 0.4) is 0 Å².